The molecule has 1 amide bonds. The number of hydrogen-bond donors (Lipinski definition) is 2. The predicted molar refractivity (Wildman–Crippen MR) is 119 cm³/mol. The van der Waals surface area contributed by atoms with Gasteiger partial charge in [-0.25, -0.2) is 28.5 Å². The third kappa shape index (κ3) is 4.23. The Morgan fingerprint density at radius 3 is 2.76 bits per heavy atom. The molecule has 176 valence electrons. The number of alkyl halides is 2. The Morgan fingerprint density at radius 2 is 2.00 bits per heavy atom. The molecule has 1 atom stereocenters. The molecule has 2 aliphatic heterocycles. The number of nitrogens with zero attached hydrogens (tertiary/aromatic N) is 4. The fourth-order valence-electron chi connectivity index (χ4n) is 4.40. The van der Waals surface area contributed by atoms with Gasteiger partial charge in [0, 0.05) is 37.0 Å². The first-order valence-electron chi connectivity index (χ1n) is 11.5. The minimum Gasteiger partial charge on any atom is -0.441 e. The van der Waals surface area contributed by atoms with E-state index in [2.05, 4.69) is 20.6 Å². The van der Waals surface area contributed by atoms with Crippen LogP contribution in [0.2, 0.25) is 0 Å². The van der Waals surface area contributed by atoms with Crippen molar-refractivity contribution >= 4 is 17.7 Å². The molecule has 33 heavy (non-hydrogen) atoms. The van der Waals surface area contributed by atoms with E-state index in [1.54, 1.807) is 0 Å². The van der Waals surface area contributed by atoms with Crippen molar-refractivity contribution < 1.29 is 18.3 Å². The molecule has 4 heterocycles. The fourth-order valence-corrected chi connectivity index (χ4v) is 4.40. The molecule has 1 unspecified atom stereocenters. The Labute approximate surface area is 191 Å². The molecule has 1 saturated heterocycles. The normalized spacial score (nSPS) is 21.3. The van der Waals surface area contributed by atoms with E-state index < -0.39 is 24.0 Å². The lowest BCUT2D eigenvalue weighted by atomic mass is 9.95. The maximum atomic E-state index is 15.2. The summed E-state index contributed by atoms with van der Waals surface area (Å²) in [5, 5.41) is 5.96. The lowest BCUT2D eigenvalue weighted by molar-refractivity contribution is -0.0513. The van der Waals surface area contributed by atoms with Crippen molar-refractivity contribution in [2.45, 2.75) is 45.1 Å². The van der Waals surface area contributed by atoms with Crippen molar-refractivity contribution in [1.29, 1.82) is 0 Å². The Balaban J connectivity index is 1.66. The highest BCUT2D eigenvalue weighted by atomic mass is 19.3. The van der Waals surface area contributed by atoms with Gasteiger partial charge in [0.25, 0.3) is 5.92 Å². The van der Waals surface area contributed by atoms with Gasteiger partial charge < -0.3 is 15.0 Å². The number of fused-ring (bicyclic) bond motifs is 1. The van der Waals surface area contributed by atoms with E-state index in [0.717, 1.165) is 38.9 Å². The Hall–Kier alpha value is -2.88. The molecule has 0 aromatic carbocycles. The number of carbonyl (C=O) groups is 1. The maximum Gasteiger partial charge on any atom is 0.413 e. The summed E-state index contributed by atoms with van der Waals surface area (Å²) < 4.78 is 36.0. The molecule has 2 aromatic heterocycles. The fraction of sp³-hybridized carbons (Fsp3) is 0.565. The van der Waals surface area contributed by atoms with Crippen molar-refractivity contribution in [3.05, 3.63) is 29.6 Å². The monoisotopic (exact) mass is 458 g/mol. The molecule has 5 rings (SSSR count). The van der Waals surface area contributed by atoms with Crippen molar-refractivity contribution in [2.24, 2.45) is 11.8 Å². The number of aromatic nitrogens is 3. The second-order valence-electron chi connectivity index (χ2n) is 9.24. The standard InChI is InChI=1S/C23H28F2N6O2/c1-13(2)23(24,25)15-10-16(29-17(11-15)31-8-3-6-26-7-9-31)19-18-20(14-4-5-14)33-22(32)30-21(18)28-12-27-19/h10-14,20,26H,3-9H2,1-2H3,(H,27,28,30,32). The molecule has 8 nitrogen and oxygen atoms in total. The first-order valence-corrected chi connectivity index (χ1v) is 11.5. The number of amides is 1. The van der Waals surface area contributed by atoms with Gasteiger partial charge >= 0.3 is 6.09 Å². The largest absolute Gasteiger partial charge is 0.441 e. The van der Waals surface area contributed by atoms with Crippen LogP contribution in [-0.2, 0) is 10.7 Å². The Bertz CT molecular complexity index is 1050. The average Bonchev–Trinajstić information content (AvgIpc) is 3.65. The molecule has 2 aromatic rings. The van der Waals surface area contributed by atoms with Crippen molar-refractivity contribution in [3.8, 4) is 11.4 Å². The van der Waals surface area contributed by atoms with Crippen LogP contribution >= 0.6 is 0 Å². The van der Waals surface area contributed by atoms with Gasteiger partial charge in [-0.1, -0.05) is 13.8 Å². The van der Waals surface area contributed by atoms with Crippen LogP contribution in [0, 0.1) is 11.8 Å². The number of nitrogens with one attached hydrogen (secondary N) is 2. The lowest BCUT2D eigenvalue weighted by Crippen LogP contribution is -2.30. The minimum atomic E-state index is -3.04. The minimum absolute atomic E-state index is 0.0918. The summed E-state index contributed by atoms with van der Waals surface area (Å²) in [5.74, 6) is -2.88. The number of ether oxygens (including phenoxy) is 1. The van der Waals surface area contributed by atoms with E-state index in [0.29, 0.717) is 35.1 Å². The zero-order chi connectivity index (χ0) is 23.2. The molecule has 1 saturated carbocycles. The summed E-state index contributed by atoms with van der Waals surface area (Å²) in [7, 11) is 0. The van der Waals surface area contributed by atoms with Gasteiger partial charge in [-0.05, 0) is 37.9 Å². The number of pyridine rings is 1. The maximum absolute atomic E-state index is 15.2. The van der Waals surface area contributed by atoms with Gasteiger partial charge in [0.1, 0.15) is 29.8 Å². The second kappa shape index (κ2) is 8.48. The number of halogens is 2. The van der Waals surface area contributed by atoms with E-state index in [4.69, 9.17) is 9.72 Å². The predicted octanol–water partition coefficient (Wildman–Crippen LogP) is 4.10. The number of anilines is 2. The molecule has 10 heteroatoms. The van der Waals surface area contributed by atoms with Gasteiger partial charge in [-0.3, -0.25) is 5.32 Å². The molecule has 1 aliphatic carbocycles. The van der Waals surface area contributed by atoms with Gasteiger partial charge in [-0.2, -0.15) is 0 Å². The summed E-state index contributed by atoms with van der Waals surface area (Å²) >= 11 is 0. The summed E-state index contributed by atoms with van der Waals surface area (Å²) in [6.45, 7) is 6.05. The molecule has 0 bridgehead atoms. The molecule has 2 N–H and O–H groups in total. The highest BCUT2D eigenvalue weighted by Crippen LogP contribution is 2.49. The summed E-state index contributed by atoms with van der Waals surface area (Å²) in [5.41, 5.74) is 1.28. The van der Waals surface area contributed by atoms with E-state index in [-0.39, 0.29) is 11.5 Å². The lowest BCUT2D eigenvalue weighted by Gasteiger charge is -2.28. The Kier molecular flexibility index (Phi) is 5.64. The van der Waals surface area contributed by atoms with Crippen LogP contribution in [0.4, 0.5) is 25.2 Å². The van der Waals surface area contributed by atoms with E-state index in [1.807, 2.05) is 4.90 Å². The number of cyclic esters (lactones) is 1. The van der Waals surface area contributed by atoms with Crippen molar-refractivity contribution in [2.75, 3.05) is 36.4 Å². The SMILES string of the molecule is CC(C)C(F)(F)c1cc(-c2ncnc3c2C(C2CC2)OC(=O)N3)nc(N2CCCNCC2)c1. The van der Waals surface area contributed by atoms with Gasteiger partial charge in [0.2, 0.25) is 0 Å². The number of rotatable bonds is 5. The van der Waals surface area contributed by atoms with E-state index in [9.17, 15) is 4.79 Å². The molecule has 2 fully saturated rings. The summed E-state index contributed by atoms with van der Waals surface area (Å²) in [6, 6.07) is 2.92. The van der Waals surface area contributed by atoms with Crippen LogP contribution in [0.1, 0.15) is 50.3 Å². The van der Waals surface area contributed by atoms with Crippen molar-refractivity contribution in [3.63, 3.8) is 0 Å². The van der Waals surface area contributed by atoms with Crippen LogP contribution < -0.4 is 15.5 Å². The van der Waals surface area contributed by atoms with Crippen LogP contribution in [0.15, 0.2) is 18.5 Å². The first-order chi connectivity index (χ1) is 15.8. The topological polar surface area (TPSA) is 92.3 Å². The van der Waals surface area contributed by atoms with Crippen LogP contribution in [-0.4, -0.2) is 47.2 Å². The van der Waals surface area contributed by atoms with Crippen LogP contribution in [0.5, 0.6) is 0 Å². The van der Waals surface area contributed by atoms with Crippen LogP contribution in [0.25, 0.3) is 11.4 Å². The molecule has 0 spiro atoms. The zero-order valence-electron chi connectivity index (χ0n) is 18.8. The van der Waals surface area contributed by atoms with E-state index in [1.165, 1.54) is 32.3 Å². The summed E-state index contributed by atoms with van der Waals surface area (Å²) in [6.07, 6.45) is 3.01. The highest BCUT2D eigenvalue weighted by molar-refractivity contribution is 5.88. The highest BCUT2D eigenvalue weighted by Gasteiger charge is 2.43. The van der Waals surface area contributed by atoms with E-state index >= 15 is 8.78 Å². The number of carbonyl (C=O) groups excluding carboxylic acids is 1. The molecular formula is C23H28F2N6O2. The summed E-state index contributed by atoms with van der Waals surface area (Å²) in [4.78, 5) is 27.5. The second-order valence-corrected chi connectivity index (χ2v) is 9.24. The van der Waals surface area contributed by atoms with Gasteiger partial charge in [0.05, 0.1) is 11.3 Å². The Morgan fingerprint density at radius 1 is 1.18 bits per heavy atom. The third-order valence-corrected chi connectivity index (χ3v) is 6.50. The molecule has 0 radical (unpaired) electrons. The number of hydrogen-bond acceptors (Lipinski definition) is 7. The molecular weight excluding hydrogens is 430 g/mol. The third-order valence-electron chi connectivity index (χ3n) is 6.50. The first kappa shape index (κ1) is 21.9. The quantitative estimate of drug-likeness (QED) is 0.697. The zero-order valence-corrected chi connectivity index (χ0v) is 18.8. The molecule has 3 aliphatic rings. The van der Waals surface area contributed by atoms with Crippen molar-refractivity contribution in [1.82, 2.24) is 20.3 Å². The smallest absolute Gasteiger partial charge is 0.413 e. The van der Waals surface area contributed by atoms with Crippen LogP contribution in [0.3, 0.4) is 0 Å². The van der Waals surface area contributed by atoms with Gasteiger partial charge in [0.15, 0.2) is 0 Å². The van der Waals surface area contributed by atoms with Gasteiger partial charge in [-0.15, -0.1) is 0 Å². The average molecular weight is 459 g/mol.